The fourth-order valence-corrected chi connectivity index (χ4v) is 2.27. The van der Waals surface area contributed by atoms with Crippen molar-refractivity contribution in [1.29, 1.82) is 0 Å². The van der Waals surface area contributed by atoms with E-state index < -0.39 is 0 Å². The Balaban J connectivity index is 1.69. The molecule has 6 heteroatoms. The minimum absolute atomic E-state index is 0.245. The molecule has 0 atom stereocenters. The van der Waals surface area contributed by atoms with Crippen molar-refractivity contribution in [3.05, 3.63) is 71.5 Å². The molecule has 0 bridgehead atoms. The van der Waals surface area contributed by atoms with Crippen molar-refractivity contribution in [1.82, 2.24) is 20.3 Å². The van der Waals surface area contributed by atoms with E-state index in [1.165, 1.54) is 4.80 Å². The first kappa shape index (κ1) is 15.7. The summed E-state index contributed by atoms with van der Waals surface area (Å²) >= 11 is 0. The molecule has 3 aromatic rings. The van der Waals surface area contributed by atoms with Crippen LogP contribution in [0, 0.1) is 6.92 Å². The molecule has 1 heterocycles. The number of para-hydroxylation sites is 1. The number of aryl methyl sites for hydroxylation is 1. The molecule has 0 unspecified atom stereocenters. The van der Waals surface area contributed by atoms with Gasteiger partial charge in [0.05, 0.1) is 18.5 Å². The predicted molar refractivity (Wildman–Crippen MR) is 90.3 cm³/mol. The molecule has 0 aliphatic heterocycles. The highest BCUT2D eigenvalue weighted by atomic mass is 16.5. The maximum atomic E-state index is 12.4. The molecule has 6 nitrogen and oxygen atoms in total. The van der Waals surface area contributed by atoms with Crippen molar-refractivity contribution in [2.24, 2.45) is 0 Å². The largest absolute Gasteiger partial charge is 0.497 e. The lowest BCUT2D eigenvalue weighted by atomic mass is 10.2. The third kappa shape index (κ3) is 3.43. The minimum Gasteiger partial charge on any atom is -0.497 e. The van der Waals surface area contributed by atoms with Gasteiger partial charge in [0.15, 0.2) is 5.69 Å². The summed E-state index contributed by atoms with van der Waals surface area (Å²) in [4.78, 5) is 13.8. The van der Waals surface area contributed by atoms with Crippen LogP contribution in [0.2, 0.25) is 0 Å². The first-order valence-corrected chi connectivity index (χ1v) is 7.58. The summed E-state index contributed by atoms with van der Waals surface area (Å²) in [6.45, 7) is 2.19. The van der Waals surface area contributed by atoms with Crippen LogP contribution in [0.4, 0.5) is 0 Å². The molecular weight excluding hydrogens is 304 g/mol. The van der Waals surface area contributed by atoms with E-state index in [4.69, 9.17) is 4.74 Å². The molecule has 3 rings (SSSR count). The number of nitrogens with zero attached hydrogens (tertiary/aromatic N) is 3. The fraction of sp³-hybridized carbons (Fsp3) is 0.167. The monoisotopic (exact) mass is 322 g/mol. The number of benzene rings is 2. The molecule has 0 fully saturated rings. The van der Waals surface area contributed by atoms with Gasteiger partial charge in [0.1, 0.15) is 5.75 Å². The lowest BCUT2D eigenvalue weighted by molar-refractivity contribution is 0.0945. The van der Waals surface area contributed by atoms with Crippen LogP contribution < -0.4 is 10.1 Å². The van der Waals surface area contributed by atoms with E-state index in [9.17, 15) is 4.79 Å². The van der Waals surface area contributed by atoms with Crippen molar-refractivity contribution in [3.8, 4) is 11.4 Å². The van der Waals surface area contributed by atoms with Gasteiger partial charge in [-0.3, -0.25) is 4.79 Å². The molecule has 2 aromatic carbocycles. The van der Waals surface area contributed by atoms with Gasteiger partial charge >= 0.3 is 0 Å². The SMILES string of the molecule is COc1ccc(CNC(=O)c2nn(-c3ccccc3)nc2C)cc1. The van der Waals surface area contributed by atoms with Gasteiger partial charge in [-0.25, -0.2) is 0 Å². The number of amides is 1. The number of hydrogen-bond acceptors (Lipinski definition) is 4. The number of hydrogen-bond donors (Lipinski definition) is 1. The lowest BCUT2D eigenvalue weighted by Crippen LogP contribution is -2.24. The van der Waals surface area contributed by atoms with E-state index >= 15 is 0 Å². The van der Waals surface area contributed by atoms with Crippen molar-refractivity contribution < 1.29 is 9.53 Å². The zero-order chi connectivity index (χ0) is 16.9. The van der Waals surface area contributed by atoms with Crippen molar-refractivity contribution >= 4 is 5.91 Å². The Morgan fingerprint density at radius 2 is 1.79 bits per heavy atom. The number of rotatable bonds is 5. The minimum atomic E-state index is -0.245. The number of carbonyl (C=O) groups excluding carboxylic acids is 1. The molecule has 1 N–H and O–H groups in total. The van der Waals surface area contributed by atoms with Crippen molar-refractivity contribution in [2.45, 2.75) is 13.5 Å². The Morgan fingerprint density at radius 1 is 1.08 bits per heavy atom. The Kier molecular flexibility index (Phi) is 4.56. The van der Waals surface area contributed by atoms with Gasteiger partial charge < -0.3 is 10.1 Å². The maximum absolute atomic E-state index is 12.4. The van der Waals surface area contributed by atoms with Gasteiger partial charge in [0.2, 0.25) is 0 Å². The molecule has 0 aliphatic carbocycles. The average Bonchev–Trinajstić information content (AvgIpc) is 3.03. The number of methoxy groups -OCH3 is 1. The average molecular weight is 322 g/mol. The summed E-state index contributed by atoms with van der Waals surface area (Å²) < 4.78 is 5.12. The fourth-order valence-electron chi connectivity index (χ4n) is 2.27. The van der Waals surface area contributed by atoms with E-state index in [0.717, 1.165) is 17.0 Å². The van der Waals surface area contributed by atoms with Crippen LogP contribution in [-0.2, 0) is 6.54 Å². The topological polar surface area (TPSA) is 69.0 Å². The highest BCUT2D eigenvalue weighted by Gasteiger charge is 2.16. The molecule has 0 saturated carbocycles. The van der Waals surface area contributed by atoms with Crippen molar-refractivity contribution in [3.63, 3.8) is 0 Å². The van der Waals surface area contributed by atoms with Crippen LogP contribution in [-0.4, -0.2) is 28.0 Å². The Labute approximate surface area is 140 Å². The van der Waals surface area contributed by atoms with Gasteiger partial charge in [-0.1, -0.05) is 30.3 Å². The molecule has 0 spiro atoms. The maximum Gasteiger partial charge on any atom is 0.274 e. The summed E-state index contributed by atoms with van der Waals surface area (Å²) in [5.41, 5.74) is 2.71. The standard InChI is InChI=1S/C18H18N4O2/c1-13-17(21-22(20-13)15-6-4-3-5-7-15)18(23)19-12-14-8-10-16(24-2)11-9-14/h3-11H,12H2,1-2H3,(H,19,23). The normalized spacial score (nSPS) is 10.4. The van der Waals surface area contributed by atoms with Gasteiger partial charge in [-0.05, 0) is 36.8 Å². The van der Waals surface area contributed by atoms with Crippen LogP contribution >= 0.6 is 0 Å². The highest BCUT2D eigenvalue weighted by Crippen LogP contribution is 2.12. The zero-order valence-electron chi connectivity index (χ0n) is 13.6. The van der Waals surface area contributed by atoms with E-state index in [0.29, 0.717) is 17.9 Å². The Hall–Kier alpha value is -3.15. The quantitative estimate of drug-likeness (QED) is 0.783. The molecular formula is C18H18N4O2. The molecule has 0 radical (unpaired) electrons. The first-order chi connectivity index (χ1) is 11.7. The Morgan fingerprint density at radius 3 is 2.46 bits per heavy atom. The number of aromatic nitrogens is 3. The predicted octanol–water partition coefficient (Wildman–Crippen LogP) is 2.51. The Bertz CT molecular complexity index is 826. The second kappa shape index (κ2) is 6.95. The van der Waals surface area contributed by atoms with Crippen LogP contribution in [0.15, 0.2) is 54.6 Å². The summed E-state index contributed by atoms with van der Waals surface area (Å²) in [7, 11) is 1.62. The van der Waals surface area contributed by atoms with Crippen LogP contribution in [0.25, 0.3) is 5.69 Å². The van der Waals surface area contributed by atoms with Gasteiger partial charge in [0, 0.05) is 6.54 Å². The third-order valence-electron chi connectivity index (χ3n) is 3.60. The van der Waals surface area contributed by atoms with E-state index in [1.54, 1.807) is 14.0 Å². The van der Waals surface area contributed by atoms with E-state index in [-0.39, 0.29) is 5.91 Å². The van der Waals surface area contributed by atoms with Gasteiger partial charge in [-0.2, -0.15) is 9.90 Å². The smallest absolute Gasteiger partial charge is 0.274 e. The van der Waals surface area contributed by atoms with Crippen LogP contribution in [0.1, 0.15) is 21.7 Å². The van der Waals surface area contributed by atoms with E-state index in [2.05, 4.69) is 15.5 Å². The molecule has 24 heavy (non-hydrogen) atoms. The third-order valence-corrected chi connectivity index (χ3v) is 3.60. The zero-order valence-corrected chi connectivity index (χ0v) is 13.6. The highest BCUT2D eigenvalue weighted by molar-refractivity contribution is 5.93. The molecule has 0 aliphatic rings. The molecule has 1 aromatic heterocycles. The second-order valence-corrected chi connectivity index (χ2v) is 5.29. The van der Waals surface area contributed by atoms with Gasteiger partial charge in [-0.15, -0.1) is 5.10 Å². The lowest BCUT2D eigenvalue weighted by Gasteiger charge is -2.05. The number of ether oxygens (including phenoxy) is 1. The van der Waals surface area contributed by atoms with E-state index in [1.807, 2.05) is 54.6 Å². The summed E-state index contributed by atoms with van der Waals surface area (Å²) in [6.07, 6.45) is 0. The first-order valence-electron chi connectivity index (χ1n) is 7.58. The number of carbonyl (C=O) groups is 1. The summed E-state index contributed by atoms with van der Waals surface area (Å²) in [5.74, 6) is 0.539. The second-order valence-electron chi connectivity index (χ2n) is 5.29. The summed E-state index contributed by atoms with van der Waals surface area (Å²) in [6, 6.07) is 17.0. The molecule has 0 saturated heterocycles. The van der Waals surface area contributed by atoms with Crippen LogP contribution in [0.3, 0.4) is 0 Å². The van der Waals surface area contributed by atoms with Gasteiger partial charge in [0.25, 0.3) is 5.91 Å². The summed E-state index contributed by atoms with van der Waals surface area (Å²) in [5, 5.41) is 11.5. The van der Waals surface area contributed by atoms with Crippen LogP contribution in [0.5, 0.6) is 5.75 Å². The molecule has 122 valence electrons. The van der Waals surface area contributed by atoms with Crippen molar-refractivity contribution in [2.75, 3.05) is 7.11 Å². The number of nitrogens with one attached hydrogen (secondary N) is 1. The molecule has 1 amide bonds.